The molecular formula is C14H12BrO. The number of ether oxygens (including phenoxy) is 1. The third-order valence-electron chi connectivity index (χ3n) is 2.40. The molecule has 2 aromatic carbocycles. The van der Waals surface area contributed by atoms with Crippen LogP contribution >= 0.6 is 15.9 Å². The normalized spacial score (nSPS) is 10.1. The van der Waals surface area contributed by atoms with Crippen molar-refractivity contribution < 1.29 is 4.74 Å². The van der Waals surface area contributed by atoms with Crippen molar-refractivity contribution in [3.63, 3.8) is 0 Å². The van der Waals surface area contributed by atoms with Gasteiger partial charge in [0.1, 0.15) is 5.75 Å². The fourth-order valence-corrected chi connectivity index (χ4v) is 2.05. The zero-order valence-corrected chi connectivity index (χ0v) is 10.6. The SMILES string of the molecule is COc1ccccc1Cc1[c]ccc(Br)c1. The van der Waals surface area contributed by atoms with E-state index < -0.39 is 0 Å². The highest BCUT2D eigenvalue weighted by Crippen LogP contribution is 2.22. The van der Waals surface area contributed by atoms with Crippen LogP contribution in [0.3, 0.4) is 0 Å². The highest BCUT2D eigenvalue weighted by molar-refractivity contribution is 9.10. The van der Waals surface area contributed by atoms with Gasteiger partial charge >= 0.3 is 0 Å². The maximum atomic E-state index is 5.32. The van der Waals surface area contributed by atoms with Crippen LogP contribution in [-0.2, 0) is 6.42 Å². The molecule has 16 heavy (non-hydrogen) atoms. The number of hydrogen-bond acceptors (Lipinski definition) is 1. The lowest BCUT2D eigenvalue weighted by molar-refractivity contribution is 0.410. The van der Waals surface area contributed by atoms with Gasteiger partial charge in [0.05, 0.1) is 7.11 Å². The second kappa shape index (κ2) is 5.17. The Kier molecular flexibility index (Phi) is 3.62. The third kappa shape index (κ3) is 2.64. The molecule has 0 N–H and O–H groups in total. The number of halogens is 1. The molecule has 2 heteroatoms. The second-order valence-electron chi connectivity index (χ2n) is 3.52. The Morgan fingerprint density at radius 3 is 2.81 bits per heavy atom. The molecule has 0 aliphatic heterocycles. The zero-order chi connectivity index (χ0) is 11.4. The number of methoxy groups -OCH3 is 1. The first kappa shape index (κ1) is 11.2. The van der Waals surface area contributed by atoms with Crippen LogP contribution in [0.25, 0.3) is 0 Å². The number of benzene rings is 2. The molecule has 0 spiro atoms. The summed E-state index contributed by atoms with van der Waals surface area (Å²) in [6, 6.07) is 17.3. The van der Waals surface area contributed by atoms with Crippen LogP contribution in [0.5, 0.6) is 5.75 Å². The molecule has 0 saturated heterocycles. The number of hydrogen-bond donors (Lipinski definition) is 0. The highest BCUT2D eigenvalue weighted by Gasteiger charge is 2.03. The second-order valence-corrected chi connectivity index (χ2v) is 4.44. The molecule has 2 rings (SSSR count). The van der Waals surface area contributed by atoms with E-state index in [1.807, 2.05) is 30.3 Å². The predicted octanol–water partition coefficient (Wildman–Crippen LogP) is 3.85. The smallest absolute Gasteiger partial charge is 0.122 e. The lowest BCUT2D eigenvalue weighted by Gasteiger charge is -2.07. The van der Waals surface area contributed by atoms with Crippen molar-refractivity contribution in [2.24, 2.45) is 0 Å². The van der Waals surface area contributed by atoms with Crippen LogP contribution in [0.15, 0.2) is 46.9 Å². The van der Waals surface area contributed by atoms with Gasteiger partial charge in [0.25, 0.3) is 0 Å². The lowest BCUT2D eigenvalue weighted by Crippen LogP contribution is -1.93. The molecule has 0 fully saturated rings. The molecule has 2 aromatic rings. The summed E-state index contributed by atoms with van der Waals surface area (Å²) in [5.41, 5.74) is 2.33. The first-order valence-electron chi connectivity index (χ1n) is 5.07. The predicted molar refractivity (Wildman–Crippen MR) is 68.8 cm³/mol. The van der Waals surface area contributed by atoms with Crippen LogP contribution < -0.4 is 4.74 Å². The highest BCUT2D eigenvalue weighted by atomic mass is 79.9. The first-order valence-corrected chi connectivity index (χ1v) is 5.87. The maximum absolute atomic E-state index is 5.32. The molecule has 0 aromatic heterocycles. The van der Waals surface area contributed by atoms with E-state index in [1.54, 1.807) is 7.11 Å². The average molecular weight is 276 g/mol. The van der Waals surface area contributed by atoms with E-state index in [-0.39, 0.29) is 0 Å². The van der Waals surface area contributed by atoms with Crippen molar-refractivity contribution in [1.29, 1.82) is 0 Å². The third-order valence-corrected chi connectivity index (χ3v) is 2.89. The standard InChI is InChI=1S/C14H12BrO/c1-16-14-8-3-2-6-12(14)9-11-5-4-7-13(15)10-11/h2-4,6-8,10H,9H2,1H3. The van der Waals surface area contributed by atoms with E-state index in [2.05, 4.69) is 34.1 Å². The topological polar surface area (TPSA) is 9.23 Å². The molecule has 0 aliphatic carbocycles. The van der Waals surface area contributed by atoms with Gasteiger partial charge in [0.15, 0.2) is 0 Å². The molecule has 0 saturated carbocycles. The van der Waals surface area contributed by atoms with Crippen molar-refractivity contribution in [3.8, 4) is 5.75 Å². The Morgan fingerprint density at radius 1 is 1.25 bits per heavy atom. The van der Waals surface area contributed by atoms with E-state index in [0.717, 1.165) is 22.2 Å². The fraction of sp³-hybridized carbons (Fsp3) is 0.143. The van der Waals surface area contributed by atoms with Gasteiger partial charge in [0, 0.05) is 10.9 Å². The minimum Gasteiger partial charge on any atom is -0.496 e. The van der Waals surface area contributed by atoms with Crippen molar-refractivity contribution >= 4 is 15.9 Å². The summed E-state index contributed by atoms with van der Waals surface area (Å²) < 4.78 is 6.40. The van der Waals surface area contributed by atoms with Crippen LogP contribution in [0.1, 0.15) is 11.1 Å². The fourth-order valence-electron chi connectivity index (χ4n) is 1.64. The van der Waals surface area contributed by atoms with Crippen molar-refractivity contribution in [1.82, 2.24) is 0 Å². The molecule has 1 nitrogen and oxygen atoms in total. The van der Waals surface area contributed by atoms with E-state index in [0.29, 0.717) is 0 Å². The Hall–Kier alpha value is -1.28. The minimum atomic E-state index is 0.837. The van der Waals surface area contributed by atoms with E-state index >= 15 is 0 Å². The van der Waals surface area contributed by atoms with Crippen molar-refractivity contribution in [3.05, 3.63) is 64.1 Å². The van der Waals surface area contributed by atoms with Crippen molar-refractivity contribution in [2.45, 2.75) is 6.42 Å². The van der Waals surface area contributed by atoms with Gasteiger partial charge in [-0.05, 0) is 35.4 Å². The van der Waals surface area contributed by atoms with Crippen LogP contribution in [0, 0.1) is 6.07 Å². The molecular weight excluding hydrogens is 264 g/mol. The quantitative estimate of drug-likeness (QED) is 0.827. The van der Waals surface area contributed by atoms with Crippen LogP contribution in [-0.4, -0.2) is 7.11 Å². The van der Waals surface area contributed by atoms with Crippen LogP contribution in [0.2, 0.25) is 0 Å². The summed E-state index contributed by atoms with van der Waals surface area (Å²) in [4.78, 5) is 0. The minimum absolute atomic E-state index is 0.837. The molecule has 0 amide bonds. The van der Waals surface area contributed by atoms with E-state index in [1.165, 1.54) is 5.56 Å². The molecule has 0 atom stereocenters. The summed E-state index contributed by atoms with van der Waals surface area (Å²) in [6.45, 7) is 0. The Bertz CT molecular complexity index is 480. The Labute approximate surface area is 104 Å². The Balaban J connectivity index is 2.26. The van der Waals surface area contributed by atoms with Gasteiger partial charge in [-0.2, -0.15) is 0 Å². The average Bonchev–Trinajstić information content (AvgIpc) is 2.30. The maximum Gasteiger partial charge on any atom is 0.122 e. The Morgan fingerprint density at radius 2 is 2.06 bits per heavy atom. The van der Waals surface area contributed by atoms with E-state index in [4.69, 9.17) is 4.74 Å². The first-order chi connectivity index (χ1) is 7.79. The van der Waals surface area contributed by atoms with Gasteiger partial charge in [-0.15, -0.1) is 0 Å². The van der Waals surface area contributed by atoms with Gasteiger partial charge in [-0.1, -0.05) is 40.2 Å². The summed E-state index contributed by atoms with van der Waals surface area (Å²) in [7, 11) is 1.70. The molecule has 0 unspecified atom stereocenters. The monoisotopic (exact) mass is 275 g/mol. The molecule has 81 valence electrons. The van der Waals surface area contributed by atoms with Gasteiger partial charge in [0.2, 0.25) is 0 Å². The lowest BCUT2D eigenvalue weighted by atomic mass is 10.0. The summed E-state index contributed by atoms with van der Waals surface area (Å²) in [5.74, 6) is 0.927. The van der Waals surface area contributed by atoms with Crippen molar-refractivity contribution in [2.75, 3.05) is 7.11 Å². The number of para-hydroxylation sites is 1. The molecule has 0 aliphatic rings. The van der Waals surface area contributed by atoms with Crippen LogP contribution in [0.4, 0.5) is 0 Å². The van der Waals surface area contributed by atoms with Gasteiger partial charge in [-0.3, -0.25) is 0 Å². The summed E-state index contributed by atoms with van der Waals surface area (Å²) in [5, 5.41) is 0. The molecule has 1 radical (unpaired) electrons. The summed E-state index contributed by atoms with van der Waals surface area (Å²) in [6.07, 6.45) is 0.837. The zero-order valence-electron chi connectivity index (χ0n) is 9.03. The van der Waals surface area contributed by atoms with E-state index in [9.17, 15) is 0 Å². The number of rotatable bonds is 3. The largest absolute Gasteiger partial charge is 0.496 e. The molecule has 0 bridgehead atoms. The summed E-state index contributed by atoms with van der Waals surface area (Å²) >= 11 is 3.46. The van der Waals surface area contributed by atoms with Gasteiger partial charge in [-0.25, -0.2) is 0 Å². The van der Waals surface area contributed by atoms with Gasteiger partial charge < -0.3 is 4.74 Å². The molecule has 0 heterocycles.